The third-order valence-corrected chi connectivity index (χ3v) is 5.30. The van der Waals surface area contributed by atoms with Gasteiger partial charge in [-0.3, -0.25) is 43.4 Å². The molecular formula is C24H29N3O8. The zero-order valence-electron chi connectivity index (χ0n) is 20.7. The normalized spacial score (nSPS) is 15.4. The molecule has 188 valence electrons. The molecule has 2 aliphatic heterocycles. The first-order chi connectivity index (χ1) is 16.1. The van der Waals surface area contributed by atoms with Gasteiger partial charge in [0.05, 0.1) is 0 Å². The highest BCUT2D eigenvalue weighted by Crippen LogP contribution is 2.19. The largest absolute Gasteiger partial charge is 0.456 e. The summed E-state index contributed by atoms with van der Waals surface area (Å²) in [6.45, 7) is 15.1. The number of nitrogens with one attached hydrogen (secondary N) is 1. The second kappa shape index (κ2) is 11.8. The number of carbonyl (C=O) groups excluding carboxylic acids is 7. The van der Waals surface area contributed by atoms with Crippen LogP contribution in [0.5, 0.6) is 0 Å². The van der Waals surface area contributed by atoms with Crippen LogP contribution in [0, 0.1) is 0 Å². The summed E-state index contributed by atoms with van der Waals surface area (Å²) in [5.74, 6) is -3.31. The zero-order chi connectivity index (χ0) is 27.2. The number of rotatable bonds is 8. The number of ketones is 1. The smallest absolute Gasteiger partial charge is 0.326 e. The van der Waals surface area contributed by atoms with E-state index in [4.69, 9.17) is 0 Å². The summed E-state index contributed by atoms with van der Waals surface area (Å²) in [5.41, 5.74) is 2.09. The van der Waals surface area contributed by atoms with Gasteiger partial charge in [-0.25, -0.2) is 0 Å². The van der Waals surface area contributed by atoms with Crippen molar-refractivity contribution in [3.8, 4) is 0 Å². The van der Waals surface area contributed by atoms with Crippen LogP contribution in [0.3, 0.4) is 0 Å². The Morgan fingerprint density at radius 1 is 0.743 bits per heavy atom. The van der Waals surface area contributed by atoms with E-state index in [9.17, 15) is 33.6 Å². The van der Waals surface area contributed by atoms with Gasteiger partial charge in [0.2, 0.25) is 5.91 Å². The molecule has 35 heavy (non-hydrogen) atoms. The van der Waals surface area contributed by atoms with E-state index < -0.39 is 36.7 Å². The summed E-state index contributed by atoms with van der Waals surface area (Å²) in [7, 11) is 0. The monoisotopic (exact) mass is 487 g/mol. The zero-order valence-corrected chi connectivity index (χ0v) is 20.7. The molecule has 2 aliphatic rings. The van der Waals surface area contributed by atoms with E-state index in [1.807, 2.05) is 0 Å². The predicted molar refractivity (Wildman–Crippen MR) is 124 cm³/mol. The van der Waals surface area contributed by atoms with Crippen LogP contribution in [0.4, 0.5) is 0 Å². The minimum atomic E-state index is -0.807. The maximum Gasteiger partial charge on any atom is 0.326 e. The number of imide groups is 2. The van der Waals surface area contributed by atoms with E-state index in [0.29, 0.717) is 27.9 Å². The SMILES string of the molecule is C=C(C)C(=O)COC(=O)CN1C(=O)C(C)=C(C)C1=O.C=C(C)C(=O)NCN1C(=O)C(C)=C(C)C1=O. The predicted octanol–water partition coefficient (Wildman–Crippen LogP) is 0.721. The Hall–Kier alpha value is -4.15. The van der Waals surface area contributed by atoms with Crippen molar-refractivity contribution in [2.24, 2.45) is 0 Å². The second-order valence-electron chi connectivity index (χ2n) is 8.04. The van der Waals surface area contributed by atoms with Gasteiger partial charge in [-0.1, -0.05) is 13.2 Å². The van der Waals surface area contributed by atoms with E-state index in [-0.39, 0.29) is 30.0 Å². The van der Waals surface area contributed by atoms with Gasteiger partial charge in [0.25, 0.3) is 23.6 Å². The molecule has 1 N–H and O–H groups in total. The number of amides is 5. The fourth-order valence-electron chi connectivity index (χ4n) is 2.67. The molecule has 0 fully saturated rings. The van der Waals surface area contributed by atoms with Crippen molar-refractivity contribution in [1.29, 1.82) is 0 Å². The lowest BCUT2D eigenvalue weighted by Gasteiger charge is -2.15. The van der Waals surface area contributed by atoms with Crippen LogP contribution in [-0.2, 0) is 38.3 Å². The van der Waals surface area contributed by atoms with Gasteiger partial charge in [0, 0.05) is 27.9 Å². The summed E-state index contributed by atoms with van der Waals surface area (Å²) in [5, 5.41) is 2.45. The molecule has 0 aromatic rings. The standard InChI is InChI=1S/C13H15NO5.C11H14N2O3/c1-7(2)10(15)6-19-11(16)5-14-12(17)8(3)9(4)13(14)18;1-6(2)9(14)12-5-13-10(15)7(3)8(4)11(13)16/h1,5-6H2,2-4H3;1,5H2,2-4H3,(H,12,14). The Bertz CT molecular complexity index is 1060. The van der Waals surface area contributed by atoms with Crippen molar-refractivity contribution < 1.29 is 38.3 Å². The fraction of sp³-hybridized carbons (Fsp3) is 0.375. The maximum atomic E-state index is 11.7. The number of hydrogen-bond donors (Lipinski definition) is 1. The third-order valence-electron chi connectivity index (χ3n) is 5.30. The van der Waals surface area contributed by atoms with Crippen LogP contribution < -0.4 is 5.32 Å². The van der Waals surface area contributed by atoms with Crippen LogP contribution in [0.25, 0.3) is 0 Å². The topological polar surface area (TPSA) is 147 Å². The molecule has 0 radical (unpaired) electrons. The number of esters is 1. The number of hydrogen-bond acceptors (Lipinski definition) is 8. The highest BCUT2D eigenvalue weighted by Gasteiger charge is 2.35. The molecule has 0 aliphatic carbocycles. The Kier molecular flexibility index (Phi) is 9.75. The fourth-order valence-corrected chi connectivity index (χ4v) is 2.67. The molecule has 0 atom stereocenters. The average Bonchev–Trinajstić information content (AvgIpc) is 3.10. The summed E-state index contributed by atoms with van der Waals surface area (Å²) in [4.78, 5) is 82.2. The van der Waals surface area contributed by atoms with Crippen molar-refractivity contribution in [2.45, 2.75) is 41.5 Å². The minimum Gasteiger partial charge on any atom is -0.456 e. The van der Waals surface area contributed by atoms with E-state index in [1.165, 1.54) is 20.8 Å². The maximum absolute atomic E-state index is 11.7. The first-order valence-electron chi connectivity index (χ1n) is 10.5. The molecule has 11 nitrogen and oxygen atoms in total. The van der Waals surface area contributed by atoms with Gasteiger partial charge in [-0.05, 0) is 47.1 Å². The molecule has 0 aromatic heterocycles. The molecule has 0 saturated heterocycles. The number of Topliss-reactive ketones (excluding diaryl/α,β-unsaturated/α-hetero) is 1. The van der Waals surface area contributed by atoms with Gasteiger partial charge in [-0.2, -0.15) is 0 Å². The van der Waals surface area contributed by atoms with Gasteiger partial charge in [-0.15, -0.1) is 0 Å². The minimum absolute atomic E-state index is 0.113. The highest BCUT2D eigenvalue weighted by atomic mass is 16.5. The van der Waals surface area contributed by atoms with Gasteiger partial charge in [0.15, 0.2) is 12.4 Å². The van der Waals surface area contributed by atoms with E-state index in [2.05, 4.69) is 23.2 Å². The Labute approximate surface area is 203 Å². The van der Waals surface area contributed by atoms with Crippen molar-refractivity contribution in [1.82, 2.24) is 15.1 Å². The molecule has 0 aromatic carbocycles. The molecule has 2 rings (SSSR count). The van der Waals surface area contributed by atoms with E-state index in [1.54, 1.807) is 20.8 Å². The van der Waals surface area contributed by atoms with Crippen LogP contribution in [0.15, 0.2) is 46.6 Å². The summed E-state index contributed by atoms with van der Waals surface area (Å²) < 4.78 is 4.68. The Morgan fingerprint density at radius 2 is 1.14 bits per heavy atom. The Balaban J connectivity index is 0.000000355. The van der Waals surface area contributed by atoms with Crippen LogP contribution >= 0.6 is 0 Å². The quantitative estimate of drug-likeness (QED) is 0.299. The lowest BCUT2D eigenvalue weighted by Crippen LogP contribution is -2.42. The summed E-state index contributed by atoms with van der Waals surface area (Å²) in [6.07, 6.45) is 0. The molecule has 0 saturated carbocycles. The van der Waals surface area contributed by atoms with Gasteiger partial charge >= 0.3 is 5.97 Å². The first kappa shape index (κ1) is 28.9. The van der Waals surface area contributed by atoms with Crippen molar-refractivity contribution in [3.63, 3.8) is 0 Å². The van der Waals surface area contributed by atoms with E-state index in [0.717, 1.165) is 9.80 Å². The average molecular weight is 488 g/mol. The number of nitrogens with zero attached hydrogens (tertiary/aromatic N) is 2. The number of ether oxygens (including phenoxy) is 1. The molecule has 2 heterocycles. The second-order valence-corrected chi connectivity index (χ2v) is 8.04. The van der Waals surface area contributed by atoms with Crippen molar-refractivity contribution in [2.75, 3.05) is 19.8 Å². The molecule has 0 bridgehead atoms. The molecule has 11 heteroatoms. The van der Waals surface area contributed by atoms with E-state index >= 15 is 0 Å². The number of carbonyl (C=O) groups is 7. The lowest BCUT2D eigenvalue weighted by atomic mass is 10.2. The lowest BCUT2D eigenvalue weighted by molar-refractivity contribution is -0.153. The van der Waals surface area contributed by atoms with Gasteiger partial charge < -0.3 is 10.1 Å². The third kappa shape index (κ3) is 6.92. The molecular weight excluding hydrogens is 458 g/mol. The van der Waals surface area contributed by atoms with Crippen molar-refractivity contribution in [3.05, 3.63) is 46.6 Å². The highest BCUT2D eigenvalue weighted by molar-refractivity contribution is 6.20. The summed E-state index contributed by atoms with van der Waals surface area (Å²) >= 11 is 0. The Morgan fingerprint density at radius 3 is 1.51 bits per heavy atom. The molecule has 5 amide bonds. The van der Waals surface area contributed by atoms with Crippen LogP contribution in [0.2, 0.25) is 0 Å². The van der Waals surface area contributed by atoms with Crippen LogP contribution in [-0.4, -0.2) is 70.9 Å². The van der Waals surface area contributed by atoms with Crippen molar-refractivity contribution >= 4 is 41.3 Å². The van der Waals surface area contributed by atoms with Gasteiger partial charge in [0.1, 0.15) is 13.2 Å². The first-order valence-corrected chi connectivity index (χ1v) is 10.5. The molecule has 0 spiro atoms. The van der Waals surface area contributed by atoms with Crippen LogP contribution in [0.1, 0.15) is 41.5 Å². The molecule has 0 unspecified atom stereocenters. The summed E-state index contributed by atoms with van der Waals surface area (Å²) in [6, 6.07) is 0.